The first kappa shape index (κ1) is 21.8. The molecule has 2 aromatic carbocycles. The Kier molecular flexibility index (Phi) is 6.21. The second-order valence-electron chi connectivity index (χ2n) is 7.27. The van der Waals surface area contributed by atoms with Crippen LogP contribution in [0.4, 0.5) is 5.69 Å². The average molecular weight is 447 g/mol. The maximum atomic E-state index is 12.7. The van der Waals surface area contributed by atoms with Gasteiger partial charge in [0.15, 0.2) is 11.8 Å². The number of amides is 1. The second kappa shape index (κ2) is 9.39. The van der Waals surface area contributed by atoms with E-state index in [1.54, 1.807) is 62.4 Å². The van der Waals surface area contributed by atoms with Crippen molar-refractivity contribution in [2.75, 3.05) is 5.32 Å². The van der Waals surface area contributed by atoms with Crippen molar-refractivity contribution in [1.82, 2.24) is 9.56 Å². The topological polar surface area (TPSA) is 112 Å². The molecule has 4 aromatic rings. The molecule has 0 radical (unpaired) electrons. The smallest absolute Gasteiger partial charge is 0.340 e. The fourth-order valence-electron chi connectivity index (χ4n) is 3.13. The summed E-state index contributed by atoms with van der Waals surface area (Å²) >= 11 is 0. The summed E-state index contributed by atoms with van der Waals surface area (Å²) in [6, 6.07) is 18.3. The summed E-state index contributed by atoms with van der Waals surface area (Å²) in [5.41, 5.74) is 0.630. The Morgan fingerprint density at radius 3 is 2.61 bits per heavy atom. The highest BCUT2D eigenvalue weighted by atomic mass is 16.5. The molecule has 168 valence electrons. The van der Waals surface area contributed by atoms with E-state index in [2.05, 4.69) is 10.3 Å². The third-order valence-electron chi connectivity index (χ3n) is 4.71. The first-order chi connectivity index (χ1) is 15.9. The molecule has 0 bridgehead atoms. The number of rotatable bonds is 7. The molecule has 0 saturated heterocycles. The molecule has 1 atom stereocenters. The summed E-state index contributed by atoms with van der Waals surface area (Å²) in [6.07, 6.45) is -0.793. The van der Waals surface area contributed by atoms with E-state index in [0.29, 0.717) is 17.2 Å². The molecule has 0 unspecified atom stereocenters. The van der Waals surface area contributed by atoms with Gasteiger partial charge in [-0.3, -0.25) is 9.59 Å². The number of carbonyl (C=O) groups excluding carboxylic acids is 2. The SMILES string of the molecule is Cc1cc2nc(COC(=O)c3ccccc3NC(=O)[C@H](C)Oc3ccccc3)cc(=O)n2o1. The monoisotopic (exact) mass is 447 g/mol. The number of hydrogen-bond acceptors (Lipinski definition) is 7. The van der Waals surface area contributed by atoms with Crippen molar-refractivity contribution in [3.8, 4) is 5.75 Å². The van der Waals surface area contributed by atoms with E-state index in [1.165, 1.54) is 12.1 Å². The van der Waals surface area contributed by atoms with E-state index in [0.717, 1.165) is 4.57 Å². The lowest BCUT2D eigenvalue weighted by atomic mass is 10.1. The Morgan fingerprint density at radius 1 is 1.09 bits per heavy atom. The number of esters is 1. The van der Waals surface area contributed by atoms with Crippen LogP contribution in [0.2, 0.25) is 0 Å². The van der Waals surface area contributed by atoms with Crippen LogP contribution in [0.25, 0.3) is 5.65 Å². The minimum absolute atomic E-state index is 0.162. The largest absolute Gasteiger partial charge is 0.481 e. The Balaban J connectivity index is 1.43. The highest BCUT2D eigenvalue weighted by Crippen LogP contribution is 2.18. The third kappa shape index (κ3) is 5.09. The van der Waals surface area contributed by atoms with Crippen LogP contribution in [0.3, 0.4) is 0 Å². The van der Waals surface area contributed by atoms with E-state index in [1.807, 2.05) is 6.07 Å². The van der Waals surface area contributed by atoms with Crippen molar-refractivity contribution in [2.24, 2.45) is 0 Å². The van der Waals surface area contributed by atoms with Crippen LogP contribution in [0, 0.1) is 6.92 Å². The van der Waals surface area contributed by atoms with Gasteiger partial charge in [0.25, 0.3) is 11.5 Å². The van der Waals surface area contributed by atoms with Crippen molar-refractivity contribution in [2.45, 2.75) is 26.6 Å². The first-order valence-electron chi connectivity index (χ1n) is 10.2. The van der Waals surface area contributed by atoms with E-state index in [-0.39, 0.29) is 23.6 Å². The number of ether oxygens (including phenoxy) is 2. The number of aryl methyl sites for hydroxylation is 1. The molecule has 2 heterocycles. The Bertz CT molecular complexity index is 1360. The van der Waals surface area contributed by atoms with Crippen molar-refractivity contribution < 1.29 is 23.6 Å². The molecular weight excluding hydrogens is 426 g/mol. The zero-order valence-corrected chi connectivity index (χ0v) is 18.0. The normalized spacial score (nSPS) is 11.7. The number of hydrogen-bond donors (Lipinski definition) is 1. The maximum Gasteiger partial charge on any atom is 0.340 e. The Hall–Kier alpha value is -4.40. The molecule has 0 aliphatic rings. The predicted molar refractivity (Wildman–Crippen MR) is 119 cm³/mol. The molecule has 2 aromatic heterocycles. The average Bonchev–Trinajstić information content (AvgIpc) is 3.19. The number of anilines is 1. The van der Waals surface area contributed by atoms with Crippen LogP contribution in [0.15, 0.2) is 76.0 Å². The van der Waals surface area contributed by atoms with Crippen molar-refractivity contribution >= 4 is 23.2 Å². The van der Waals surface area contributed by atoms with Gasteiger partial charge in [-0.15, -0.1) is 4.57 Å². The highest BCUT2D eigenvalue weighted by Gasteiger charge is 2.19. The van der Waals surface area contributed by atoms with E-state index in [4.69, 9.17) is 14.0 Å². The molecule has 0 spiro atoms. The number of benzene rings is 2. The van der Waals surface area contributed by atoms with Gasteiger partial charge in [-0.05, 0) is 38.1 Å². The van der Waals surface area contributed by atoms with Gasteiger partial charge in [0.1, 0.15) is 18.1 Å². The molecular formula is C24H21N3O6. The fraction of sp³-hybridized carbons (Fsp3) is 0.167. The predicted octanol–water partition coefficient (Wildman–Crippen LogP) is 3.36. The molecule has 33 heavy (non-hydrogen) atoms. The minimum atomic E-state index is -0.793. The van der Waals surface area contributed by atoms with Gasteiger partial charge in [0.2, 0.25) is 0 Å². The number of para-hydroxylation sites is 2. The number of aromatic nitrogens is 2. The van der Waals surface area contributed by atoms with Gasteiger partial charge in [0.05, 0.1) is 16.9 Å². The standard InChI is InChI=1S/C24H21N3O6/c1-15-12-21-25-17(13-22(28)27(21)33-15)14-31-24(30)19-10-6-7-11-20(19)26-23(29)16(2)32-18-8-4-3-5-9-18/h3-13,16H,14H2,1-2H3,(H,26,29)/t16-/m0/s1. The molecule has 0 fully saturated rings. The maximum absolute atomic E-state index is 12.7. The summed E-state index contributed by atoms with van der Waals surface area (Å²) in [5.74, 6) is -0.00704. The third-order valence-corrected chi connectivity index (χ3v) is 4.71. The molecule has 1 N–H and O–H groups in total. The lowest BCUT2D eigenvalue weighted by Gasteiger charge is -2.16. The zero-order valence-electron chi connectivity index (χ0n) is 18.0. The lowest BCUT2D eigenvalue weighted by molar-refractivity contribution is -0.122. The molecule has 9 heteroatoms. The van der Waals surface area contributed by atoms with Crippen LogP contribution < -0.4 is 15.6 Å². The van der Waals surface area contributed by atoms with Gasteiger partial charge in [0, 0.05) is 12.1 Å². The quantitative estimate of drug-likeness (QED) is 0.432. The first-order valence-corrected chi connectivity index (χ1v) is 10.2. The van der Waals surface area contributed by atoms with Gasteiger partial charge in [-0.1, -0.05) is 30.3 Å². The van der Waals surface area contributed by atoms with E-state index in [9.17, 15) is 14.4 Å². The van der Waals surface area contributed by atoms with E-state index < -0.39 is 23.5 Å². The van der Waals surface area contributed by atoms with Crippen molar-refractivity contribution in [3.05, 3.63) is 94.1 Å². The summed E-state index contributed by atoms with van der Waals surface area (Å²) in [6.45, 7) is 3.09. The molecule has 9 nitrogen and oxygen atoms in total. The van der Waals surface area contributed by atoms with Gasteiger partial charge < -0.3 is 19.3 Å². The summed E-state index contributed by atoms with van der Waals surface area (Å²) in [5, 5.41) is 2.70. The fourth-order valence-corrected chi connectivity index (χ4v) is 3.13. The number of nitrogens with zero attached hydrogens (tertiary/aromatic N) is 2. The van der Waals surface area contributed by atoms with Crippen LogP contribution in [-0.2, 0) is 16.1 Å². The molecule has 4 rings (SSSR count). The van der Waals surface area contributed by atoms with E-state index >= 15 is 0 Å². The summed E-state index contributed by atoms with van der Waals surface area (Å²) in [4.78, 5) is 41.7. The number of carbonyl (C=O) groups is 2. The molecule has 0 saturated carbocycles. The van der Waals surface area contributed by atoms with Crippen molar-refractivity contribution in [1.29, 1.82) is 0 Å². The summed E-state index contributed by atoms with van der Waals surface area (Å²) in [7, 11) is 0. The number of fused-ring (bicyclic) bond motifs is 1. The highest BCUT2D eigenvalue weighted by molar-refractivity contribution is 6.02. The number of nitrogens with one attached hydrogen (secondary N) is 1. The summed E-state index contributed by atoms with van der Waals surface area (Å²) < 4.78 is 17.3. The zero-order chi connectivity index (χ0) is 23.4. The minimum Gasteiger partial charge on any atom is -0.481 e. The van der Waals surface area contributed by atoms with Gasteiger partial charge in [-0.2, -0.15) is 0 Å². The van der Waals surface area contributed by atoms with Gasteiger partial charge >= 0.3 is 5.97 Å². The van der Waals surface area contributed by atoms with Crippen LogP contribution >= 0.6 is 0 Å². The van der Waals surface area contributed by atoms with Crippen LogP contribution in [0.5, 0.6) is 5.75 Å². The van der Waals surface area contributed by atoms with Crippen molar-refractivity contribution in [3.63, 3.8) is 0 Å². The second-order valence-corrected chi connectivity index (χ2v) is 7.27. The molecule has 0 aliphatic heterocycles. The van der Waals surface area contributed by atoms with Crippen LogP contribution in [0.1, 0.15) is 28.7 Å². The Labute approximate surface area is 188 Å². The molecule has 1 amide bonds. The molecule has 0 aliphatic carbocycles. The van der Waals surface area contributed by atoms with Crippen LogP contribution in [-0.4, -0.2) is 27.5 Å². The lowest BCUT2D eigenvalue weighted by Crippen LogP contribution is -2.30. The Morgan fingerprint density at radius 2 is 1.82 bits per heavy atom. The van der Waals surface area contributed by atoms with Gasteiger partial charge in [-0.25, -0.2) is 9.78 Å².